The van der Waals surface area contributed by atoms with E-state index < -0.39 is 0 Å². The number of fused-ring (bicyclic) bond motifs is 1. The van der Waals surface area contributed by atoms with E-state index in [1.54, 1.807) is 23.1 Å². The Bertz CT molecular complexity index is 964. The fraction of sp³-hybridized carbons (Fsp3) is 0.167. The monoisotopic (exact) mass is 385 g/mol. The Kier molecular flexibility index (Phi) is 4.49. The smallest absolute Gasteiger partial charge is 0.279 e. The van der Waals surface area contributed by atoms with E-state index in [9.17, 15) is 9.59 Å². The number of hydrogen-bond acceptors (Lipinski definition) is 3. The van der Waals surface area contributed by atoms with Crippen LogP contribution in [0.2, 0.25) is 0 Å². The topological polar surface area (TPSA) is 55.2 Å². The predicted molar refractivity (Wildman–Crippen MR) is 98.7 cm³/mol. The van der Waals surface area contributed by atoms with Gasteiger partial charge in [0, 0.05) is 24.5 Å². The van der Waals surface area contributed by atoms with Crippen LogP contribution in [0.25, 0.3) is 16.5 Å². The number of benzene rings is 2. The minimum absolute atomic E-state index is 0.0195. The summed E-state index contributed by atoms with van der Waals surface area (Å²) in [5.41, 5.74) is 1.26. The van der Waals surface area contributed by atoms with Gasteiger partial charge in [0.1, 0.15) is 4.60 Å². The average molecular weight is 386 g/mol. The molecule has 0 bridgehead atoms. The van der Waals surface area contributed by atoms with Gasteiger partial charge in [-0.2, -0.15) is 9.78 Å². The summed E-state index contributed by atoms with van der Waals surface area (Å²) in [6.45, 7) is 4.04. The highest BCUT2D eigenvalue weighted by atomic mass is 79.9. The van der Waals surface area contributed by atoms with Gasteiger partial charge in [-0.1, -0.05) is 18.2 Å². The summed E-state index contributed by atoms with van der Waals surface area (Å²) >= 11 is 3.42. The van der Waals surface area contributed by atoms with Gasteiger partial charge in [-0.25, -0.2) is 0 Å². The minimum atomic E-state index is -0.180. The van der Waals surface area contributed by atoms with Gasteiger partial charge in [0.2, 0.25) is 5.91 Å². The lowest BCUT2D eigenvalue weighted by Gasteiger charge is -2.19. The molecule has 0 atom stereocenters. The van der Waals surface area contributed by atoms with Crippen molar-refractivity contribution < 1.29 is 4.79 Å². The minimum Gasteiger partial charge on any atom is -0.313 e. The van der Waals surface area contributed by atoms with E-state index in [1.807, 2.05) is 37.3 Å². The van der Waals surface area contributed by atoms with Gasteiger partial charge in [-0.3, -0.25) is 9.59 Å². The Morgan fingerprint density at radius 2 is 1.75 bits per heavy atom. The molecular weight excluding hydrogens is 370 g/mol. The summed E-state index contributed by atoms with van der Waals surface area (Å²) < 4.78 is 1.97. The Morgan fingerprint density at radius 3 is 2.33 bits per heavy atom. The van der Waals surface area contributed by atoms with E-state index in [-0.39, 0.29) is 11.5 Å². The largest absolute Gasteiger partial charge is 0.313 e. The molecule has 0 saturated heterocycles. The fourth-order valence-electron chi connectivity index (χ4n) is 2.69. The Morgan fingerprint density at radius 1 is 1.12 bits per heavy atom. The third kappa shape index (κ3) is 2.85. The van der Waals surface area contributed by atoms with E-state index in [4.69, 9.17) is 0 Å². The highest BCUT2D eigenvalue weighted by Crippen LogP contribution is 2.21. The molecule has 1 aromatic heterocycles. The standard InChI is InChI=1S/C18H16BrN3O2/c1-3-21(12(2)23)13-8-10-14(11-9-13)22-18(24)16-7-5-4-6-15(16)17(19)20-22/h4-11H,3H2,1-2H3. The molecule has 3 rings (SSSR count). The molecule has 1 amide bonds. The van der Waals surface area contributed by atoms with Gasteiger partial charge in [0.25, 0.3) is 5.56 Å². The van der Waals surface area contributed by atoms with Crippen LogP contribution in [0, 0.1) is 0 Å². The highest BCUT2D eigenvalue weighted by molar-refractivity contribution is 9.10. The summed E-state index contributed by atoms with van der Waals surface area (Å²) in [6, 6.07) is 14.5. The number of aromatic nitrogens is 2. The molecule has 0 fully saturated rings. The van der Waals surface area contributed by atoms with Gasteiger partial charge in [0.15, 0.2) is 0 Å². The number of carbonyl (C=O) groups excluding carboxylic acids is 1. The molecule has 0 N–H and O–H groups in total. The summed E-state index contributed by atoms with van der Waals surface area (Å²) in [4.78, 5) is 26.0. The van der Waals surface area contributed by atoms with Gasteiger partial charge in [-0.15, -0.1) is 0 Å². The number of halogens is 1. The second kappa shape index (κ2) is 6.57. The predicted octanol–water partition coefficient (Wildman–Crippen LogP) is 3.52. The van der Waals surface area contributed by atoms with E-state index in [0.717, 1.165) is 11.1 Å². The van der Waals surface area contributed by atoms with Crippen LogP contribution in [0.1, 0.15) is 13.8 Å². The number of carbonyl (C=O) groups is 1. The lowest BCUT2D eigenvalue weighted by molar-refractivity contribution is -0.116. The van der Waals surface area contributed by atoms with Gasteiger partial charge in [-0.05, 0) is 53.2 Å². The maximum Gasteiger partial charge on any atom is 0.279 e. The number of hydrogen-bond donors (Lipinski definition) is 0. The molecule has 0 spiro atoms. The molecule has 0 aliphatic heterocycles. The molecular formula is C18H16BrN3O2. The Balaban J connectivity index is 2.10. The van der Waals surface area contributed by atoms with Crippen LogP contribution in [0.15, 0.2) is 57.9 Å². The van der Waals surface area contributed by atoms with Crippen molar-refractivity contribution in [2.75, 3.05) is 11.4 Å². The summed E-state index contributed by atoms with van der Waals surface area (Å²) in [5, 5.41) is 5.72. The van der Waals surface area contributed by atoms with Crippen molar-refractivity contribution >= 4 is 38.3 Å². The average Bonchev–Trinajstić information content (AvgIpc) is 2.59. The molecule has 24 heavy (non-hydrogen) atoms. The zero-order chi connectivity index (χ0) is 17.3. The van der Waals surface area contributed by atoms with E-state index >= 15 is 0 Å². The van der Waals surface area contributed by atoms with Crippen LogP contribution in [0.5, 0.6) is 0 Å². The van der Waals surface area contributed by atoms with Crippen LogP contribution in [0.3, 0.4) is 0 Å². The third-order valence-corrected chi connectivity index (χ3v) is 4.45. The molecule has 0 aliphatic carbocycles. The number of nitrogens with zero attached hydrogens (tertiary/aromatic N) is 3. The number of rotatable bonds is 3. The molecule has 6 heteroatoms. The van der Waals surface area contributed by atoms with Crippen molar-refractivity contribution in [3.63, 3.8) is 0 Å². The van der Waals surface area contributed by atoms with Crippen molar-refractivity contribution in [2.24, 2.45) is 0 Å². The van der Waals surface area contributed by atoms with Crippen molar-refractivity contribution in [1.29, 1.82) is 0 Å². The molecule has 0 aliphatic rings. The second-order valence-corrected chi connectivity index (χ2v) is 6.08. The third-order valence-electron chi connectivity index (χ3n) is 3.86. The van der Waals surface area contributed by atoms with E-state index in [0.29, 0.717) is 22.2 Å². The molecule has 0 unspecified atom stereocenters. The molecule has 3 aromatic rings. The molecule has 122 valence electrons. The van der Waals surface area contributed by atoms with E-state index in [2.05, 4.69) is 21.0 Å². The Hall–Kier alpha value is -2.47. The first-order valence-electron chi connectivity index (χ1n) is 7.59. The van der Waals surface area contributed by atoms with Crippen molar-refractivity contribution in [3.8, 4) is 5.69 Å². The summed E-state index contributed by atoms with van der Waals surface area (Å²) in [6.07, 6.45) is 0. The van der Waals surface area contributed by atoms with Crippen molar-refractivity contribution in [1.82, 2.24) is 9.78 Å². The number of amides is 1. The second-order valence-electron chi connectivity index (χ2n) is 5.33. The zero-order valence-corrected chi connectivity index (χ0v) is 14.9. The van der Waals surface area contributed by atoms with Crippen LogP contribution >= 0.6 is 15.9 Å². The zero-order valence-electron chi connectivity index (χ0n) is 13.4. The SMILES string of the molecule is CCN(C(C)=O)c1ccc(-n2nc(Br)c3ccccc3c2=O)cc1. The fourth-order valence-corrected chi connectivity index (χ4v) is 3.19. The maximum atomic E-state index is 12.7. The first-order valence-corrected chi connectivity index (χ1v) is 8.38. The molecule has 2 aromatic carbocycles. The Labute approximate surface area is 147 Å². The first-order chi connectivity index (χ1) is 11.5. The normalized spacial score (nSPS) is 10.8. The number of anilines is 1. The van der Waals surface area contributed by atoms with Crippen molar-refractivity contribution in [2.45, 2.75) is 13.8 Å². The van der Waals surface area contributed by atoms with Crippen LogP contribution in [-0.4, -0.2) is 22.2 Å². The van der Waals surface area contributed by atoms with Crippen LogP contribution in [-0.2, 0) is 4.79 Å². The molecule has 0 saturated carbocycles. The van der Waals surface area contributed by atoms with Gasteiger partial charge < -0.3 is 4.90 Å². The lowest BCUT2D eigenvalue weighted by Crippen LogP contribution is -2.28. The quantitative estimate of drug-likeness (QED) is 0.692. The van der Waals surface area contributed by atoms with Crippen molar-refractivity contribution in [3.05, 3.63) is 63.5 Å². The highest BCUT2D eigenvalue weighted by Gasteiger charge is 2.12. The lowest BCUT2D eigenvalue weighted by atomic mass is 10.2. The maximum absolute atomic E-state index is 12.7. The van der Waals surface area contributed by atoms with Gasteiger partial charge in [0.05, 0.1) is 11.1 Å². The first kappa shape index (κ1) is 16.4. The van der Waals surface area contributed by atoms with E-state index in [1.165, 1.54) is 11.6 Å². The molecule has 1 heterocycles. The van der Waals surface area contributed by atoms with Crippen LogP contribution < -0.4 is 10.5 Å². The van der Waals surface area contributed by atoms with Gasteiger partial charge >= 0.3 is 0 Å². The molecule has 5 nitrogen and oxygen atoms in total. The molecule has 0 radical (unpaired) electrons. The summed E-state index contributed by atoms with van der Waals surface area (Å²) in [5.74, 6) is -0.0195. The van der Waals surface area contributed by atoms with Crippen LogP contribution in [0.4, 0.5) is 5.69 Å². The summed E-state index contributed by atoms with van der Waals surface area (Å²) in [7, 11) is 0.